The standard InChI is InChI=1S/C16H22N4OS.ClH/c1-4-22-11-12-6-5-7-14(8-12)19-16(21)15(17-2)13-9-18-20(3)10-13;/h5-10,15,17H,4,11H2,1-3H3,(H,19,21);1H. The van der Waals surface area contributed by atoms with Crippen LogP contribution < -0.4 is 10.6 Å². The summed E-state index contributed by atoms with van der Waals surface area (Å²) in [5.41, 5.74) is 2.88. The fraction of sp³-hybridized carbons (Fsp3) is 0.375. The Balaban J connectivity index is 0.00000264. The number of halogens is 1. The van der Waals surface area contributed by atoms with Gasteiger partial charge in [-0.1, -0.05) is 19.1 Å². The lowest BCUT2D eigenvalue weighted by atomic mass is 10.1. The summed E-state index contributed by atoms with van der Waals surface area (Å²) in [4.78, 5) is 12.5. The highest BCUT2D eigenvalue weighted by Crippen LogP contribution is 2.18. The van der Waals surface area contributed by atoms with E-state index in [1.807, 2.05) is 43.2 Å². The maximum atomic E-state index is 12.5. The number of aromatic nitrogens is 2. The normalized spacial score (nSPS) is 11.6. The molecule has 0 aliphatic heterocycles. The Kier molecular flexibility index (Phi) is 8.16. The summed E-state index contributed by atoms with van der Waals surface area (Å²) in [5.74, 6) is 1.95. The second kappa shape index (κ2) is 9.60. The van der Waals surface area contributed by atoms with Crippen LogP contribution in [0.5, 0.6) is 0 Å². The second-order valence-electron chi connectivity index (χ2n) is 5.00. The van der Waals surface area contributed by atoms with Gasteiger partial charge in [0.15, 0.2) is 0 Å². The molecule has 0 bridgehead atoms. The number of amides is 1. The summed E-state index contributed by atoms with van der Waals surface area (Å²) in [6.45, 7) is 2.14. The molecule has 2 N–H and O–H groups in total. The second-order valence-corrected chi connectivity index (χ2v) is 6.27. The van der Waals surface area contributed by atoms with Crippen LogP contribution in [-0.4, -0.2) is 28.5 Å². The van der Waals surface area contributed by atoms with Gasteiger partial charge in [0.25, 0.3) is 0 Å². The average molecular weight is 355 g/mol. The molecule has 0 aliphatic rings. The third kappa shape index (κ3) is 5.57. The number of hydrogen-bond donors (Lipinski definition) is 2. The first-order chi connectivity index (χ1) is 10.6. The number of benzene rings is 1. The lowest BCUT2D eigenvalue weighted by Gasteiger charge is -2.15. The predicted octanol–water partition coefficient (Wildman–Crippen LogP) is 2.99. The zero-order chi connectivity index (χ0) is 15.9. The fourth-order valence-electron chi connectivity index (χ4n) is 2.21. The molecule has 5 nitrogen and oxygen atoms in total. The number of likely N-dealkylation sites (N-methyl/N-ethyl adjacent to an activating group) is 1. The molecule has 1 heterocycles. The van der Waals surface area contributed by atoms with Gasteiger partial charge in [-0.15, -0.1) is 12.4 Å². The minimum Gasteiger partial charge on any atom is -0.324 e. The van der Waals surface area contributed by atoms with Crippen LogP contribution in [0.4, 0.5) is 5.69 Å². The fourth-order valence-corrected chi connectivity index (χ4v) is 2.83. The Morgan fingerprint density at radius 3 is 2.83 bits per heavy atom. The van der Waals surface area contributed by atoms with Gasteiger partial charge in [0, 0.05) is 30.2 Å². The van der Waals surface area contributed by atoms with E-state index in [-0.39, 0.29) is 18.3 Å². The van der Waals surface area contributed by atoms with E-state index >= 15 is 0 Å². The van der Waals surface area contributed by atoms with Crippen molar-refractivity contribution in [1.82, 2.24) is 15.1 Å². The van der Waals surface area contributed by atoms with Gasteiger partial charge < -0.3 is 10.6 Å². The SMILES string of the molecule is CCSCc1cccc(NC(=O)C(NC)c2cnn(C)c2)c1.Cl. The average Bonchev–Trinajstić information content (AvgIpc) is 2.92. The lowest BCUT2D eigenvalue weighted by Crippen LogP contribution is -2.30. The van der Waals surface area contributed by atoms with Crippen molar-refractivity contribution in [1.29, 1.82) is 0 Å². The van der Waals surface area contributed by atoms with Gasteiger partial charge in [0.2, 0.25) is 5.91 Å². The maximum absolute atomic E-state index is 12.5. The predicted molar refractivity (Wildman–Crippen MR) is 99.2 cm³/mol. The van der Waals surface area contributed by atoms with E-state index in [2.05, 4.69) is 28.7 Å². The topological polar surface area (TPSA) is 59.0 Å². The number of rotatable bonds is 7. The molecule has 1 atom stereocenters. The number of hydrogen-bond acceptors (Lipinski definition) is 4. The van der Waals surface area contributed by atoms with E-state index in [1.54, 1.807) is 17.9 Å². The highest BCUT2D eigenvalue weighted by Gasteiger charge is 2.20. The van der Waals surface area contributed by atoms with E-state index in [0.29, 0.717) is 0 Å². The number of anilines is 1. The van der Waals surface area contributed by atoms with Crippen molar-refractivity contribution in [2.75, 3.05) is 18.1 Å². The van der Waals surface area contributed by atoms with Gasteiger partial charge in [-0.05, 0) is 30.5 Å². The molecule has 1 aromatic carbocycles. The largest absolute Gasteiger partial charge is 0.324 e. The third-order valence-corrected chi connectivity index (χ3v) is 4.22. The molecule has 0 spiro atoms. The van der Waals surface area contributed by atoms with Crippen molar-refractivity contribution in [2.45, 2.75) is 18.7 Å². The highest BCUT2D eigenvalue weighted by molar-refractivity contribution is 7.98. The van der Waals surface area contributed by atoms with Crippen LogP contribution >= 0.6 is 24.2 Å². The molecule has 1 unspecified atom stereocenters. The zero-order valence-electron chi connectivity index (χ0n) is 13.6. The maximum Gasteiger partial charge on any atom is 0.246 e. The Bertz CT molecular complexity index is 632. The lowest BCUT2D eigenvalue weighted by molar-refractivity contribution is -0.118. The van der Waals surface area contributed by atoms with Gasteiger partial charge in [-0.25, -0.2) is 0 Å². The first-order valence-electron chi connectivity index (χ1n) is 7.27. The molecule has 2 rings (SSSR count). The summed E-state index contributed by atoms with van der Waals surface area (Å²) in [6, 6.07) is 7.57. The van der Waals surface area contributed by atoms with Crippen molar-refractivity contribution in [3.05, 3.63) is 47.8 Å². The molecule has 2 aromatic rings. The van der Waals surface area contributed by atoms with Gasteiger partial charge in [0.05, 0.1) is 6.20 Å². The third-order valence-electron chi connectivity index (χ3n) is 3.28. The molecule has 0 saturated heterocycles. The van der Waals surface area contributed by atoms with E-state index in [1.165, 1.54) is 5.56 Å². The summed E-state index contributed by atoms with van der Waals surface area (Å²) < 4.78 is 1.69. The molecule has 1 amide bonds. The summed E-state index contributed by atoms with van der Waals surface area (Å²) in [7, 11) is 3.61. The molecular formula is C16H23ClN4OS. The quantitative estimate of drug-likeness (QED) is 0.802. The molecule has 7 heteroatoms. The highest BCUT2D eigenvalue weighted by atomic mass is 35.5. The number of carbonyl (C=O) groups is 1. The molecule has 126 valence electrons. The summed E-state index contributed by atoms with van der Waals surface area (Å²) >= 11 is 1.86. The monoisotopic (exact) mass is 354 g/mol. The Hall–Kier alpha value is -1.50. The number of carbonyl (C=O) groups excluding carboxylic acids is 1. The number of nitrogens with one attached hydrogen (secondary N) is 2. The van der Waals surface area contributed by atoms with Crippen LogP contribution in [0.1, 0.15) is 24.1 Å². The van der Waals surface area contributed by atoms with Crippen LogP contribution in [0.15, 0.2) is 36.7 Å². The molecule has 0 radical (unpaired) electrons. The first-order valence-corrected chi connectivity index (χ1v) is 8.43. The van der Waals surface area contributed by atoms with Crippen LogP contribution in [0.25, 0.3) is 0 Å². The zero-order valence-corrected chi connectivity index (χ0v) is 15.2. The van der Waals surface area contributed by atoms with Crippen molar-refractivity contribution < 1.29 is 4.79 Å². The smallest absolute Gasteiger partial charge is 0.246 e. The van der Waals surface area contributed by atoms with E-state index in [9.17, 15) is 4.79 Å². The van der Waals surface area contributed by atoms with Crippen LogP contribution in [0.2, 0.25) is 0 Å². The van der Waals surface area contributed by atoms with Crippen molar-refractivity contribution in [2.24, 2.45) is 7.05 Å². The Morgan fingerprint density at radius 2 is 2.22 bits per heavy atom. The van der Waals surface area contributed by atoms with Gasteiger partial charge >= 0.3 is 0 Å². The summed E-state index contributed by atoms with van der Waals surface area (Å²) in [5, 5.41) is 10.1. The number of thioether (sulfide) groups is 1. The molecular weight excluding hydrogens is 332 g/mol. The van der Waals surface area contributed by atoms with Gasteiger partial charge in [0.1, 0.15) is 6.04 Å². The minimum absolute atomic E-state index is 0. The van der Waals surface area contributed by atoms with Crippen LogP contribution in [0.3, 0.4) is 0 Å². The van der Waals surface area contributed by atoms with Crippen molar-refractivity contribution >= 4 is 35.8 Å². The van der Waals surface area contributed by atoms with E-state index in [4.69, 9.17) is 0 Å². The Morgan fingerprint density at radius 1 is 1.43 bits per heavy atom. The van der Waals surface area contributed by atoms with Gasteiger partial charge in [-0.3, -0.25) is 9.48 Å². The number of nitrogens with zero attached hydrogens (tertiary/aromatic N) is 2. The molecule has 1 aromatic heterocycles. The van der Waals surface area contributed by atoms with Crippen molar-refractivity contribution in [3.8, 4) is 0 Å². The molecule has 23 heavy (non-hydrogen) atoms. The number of aryl methyl sites for hydroxylation is 1. The van der Waals surface area contributed by atoms with Crippen molar-refractivity contribution in [3.63, 3.8) is 0 Å². The molecule has 0 saturated carbocycles. The molecule has 0 aliphatic carbocycles. The van der Waals surface area contributed by atoms with Crippen LogP contribution in [0, 0.1) is 0 Å². The van der Waals surface area contributed by atoms with E-state index in [0.717, 1.165) is 22.8 Å². The summed E-state index contributed by atoms with van der Waals surface area (Å²) in [6.07, 6.45) is 3.55. The van der Waals surface area contributed by atoms with E-state index < -0.39 is 6.04 Å². The Labute approximate surface area is 147 Å². The molecule has 0 fully saturated rings. The van der Waals surface area contributed by atoms with Crippen LogP contribution in [-0.2, 0) is 17.6 Å². The van der Waals surface area contributed by atoms with Gasteiger partial charge in [-0.2, -0.15) is 16.9 Å². The first kappa shape index (κ1) is 19.5. The minimum atomic E-state index is -0.414.